The highest BCUT2D eigenvalue weighted by Gasteiger charge is 2.20. The first-order chi connectivity index (χ1) is 14.3. The second-order valence-corrected chi connectivity index (χ2v) is 7.00. The van der Waals surface area contributed by atoms with Crippen LogP contribution in [0.2, 0.25) is 0 Å². The van der Waals surface area contributed by atoms with Gasteiger partial charge in [-0.05, 0) is 19.1 Å². The summed E-state index contributed by atoms with van der Waals surface area (Å²) in [5.74, 6) is 0. The number of para-hydroxylation sites is 1. The molecule has 0 atom stereocenters. The second-order valence-electron chi connectivity index (χ2n) is 7.00. The summed E-state index contributed by atoms with van der Waals surface area (Å²) in [6, 6.07) is 14.0. The Morgan fingerprint density at radius 3 is 2.62 bits per heavy atom. The molecule has 6 heteroatoms. The smallest absolute Gasteiger partial charge is 0.347 e. The summed E-state index contributed by atoms with van der Waals surface area (Å²) < 4.78 is 5.96. The van der Waals surface area contributed by atoms with Crippen molar-refractivity contribution in [2.24, 2.45) is 0 Å². The Morgan fingerprint density at radius 1 is 1.00 bits per heavy atom. The Morgan fingerprint density at radius 2 is 1.79 bits per heavy atom. The van der Waals surface area contributed by atoms with Crippen LogP contribution in [0.5, 0.6) is 0 Å². The molecule has 0 unspecified atom stereocenters. The van der Waals surface area contributed by atoms with Gasteiger partial charge in [0.1, 0.15) is 24.6 Å². The lowest BCUT2D eigenvalue weighted by atomic mass is 10.1. The average molecular weight is 382 g/mol. The summed E-state index contributed by atoms with van der Waals surface area (Å²) in [6.07, 6.45) is 11.0. The highest BCUT2D eigenvalue weighted by Crippen LogP contribution is 2.28. The van der Waals surface area contributed by atoms with Crippen LogP contribution < -0.4 is 10.1 Å². The first-order valence-corrected chi connectivity index (χ1v) is 9.62. The van der Waals surface area contributed by atoms with Crippen LogP contribution in [0.1, 0.15) is 12.5 Å². The second kappa shape index (κ2) is 6.98. The number of rotatable bonds is 4. The summed E-state index contributed by atoms with van der Waals surface area (Å²) in [5, 5.41) is 1.08. The molecule has 0 amide bonds. The zero-order valence-electron chi connectivity index (χ0n) is 16.1. The fourth-order valence-corrected chi connectivity index (χ4v) is 3.89. The molecule has 6 nitrogen and oxygen atoms in total. The number of hydrogen-bond acceptors (Lipinski definition) is 3. The van der Waals surface area contributed by atoms with Crippen molar-refractivity contribution in [1.29, 1.82) is 0 Å². The summed E-state index contributed by atoms with van der Waals surface area (Å²) in [6.45, 7) is 3.53. The minimum atomic E-state index is -0.0276. The minimum absolute atomic E-state index is 0.0276. The standard InChI is InChI=1S/C23H20N5O/c1-2-26-14-19(18-7-3-4-8-21(18)26)20-15-27(13-17-11-24-16-25-12-17)22-9-5-6-10-28(22)23(20)29/h3-12,14-16H,2,13H2,1H3/q+1. The van der Waals surface area contributed by atoms with E-state index < -0.39 is 0 Å². The Balaban J connectivity index is 1.79. The molecule has 5 aromatic rings. The van der Waals surface area contributed by atoms with Gasteiger partial charge in [0, 0.05) is 53.2 Å². The third-order valence-electron chi connectivity index (χ3n) is 5.25. The maximum absolute atomic E-state index is 13.4. The van der Waals surface area contributed by atoms with Gasteiger partial charge in [0.05, 0.1) is 6.20 Å². The SMILES string of the molecule is CCn1cc(-c2c[n+](Cc3cncnc3)c3ccccn3c2=O)c2ccccc21. The molecule has 0 N–H and O–H groups in total. The maximum Gasteiger partial charge on any atom is 0.350 e. The molecule has 0 radical (unpaired) electrons. The van der Waals surface area contributed by atoms with Gasteiger partial charge in [-0.1, -0.05) is 24.3 Å². The topological polar surface area (TPSA) is 56.1 Å². The highest BCUT2D eigenvalue weighted by molar-refractivity contribution is 5.95. The van der Waals surface area contributed by atoms with E-state index in [1.807, 2.05) is 42.7 Å². The Hall–Kier alpha value is -3.80. The third kappa shape index (κ3) is 2.89. The zero-order valence-corrected chi connectivity index (χ0v) is 16.1. The molecule has 0 saturated heterocycles. The highest BCUT2D eigenvalue weighted by atomic mass is 16.1. The van der Waals surface area contributed by atoms with Crippen molar-refractivity contribution in [3.8, 4) is 11.1 Å². The van der Waals surface area contributed by atoms with Crippen LogP contribution >= 0.6 is 0 Å². The van der Waals surface area contributed by atoms with Gasteiger partial charge >= 0.3 is 5.56 Å². The lowest BCUT2D eigenvalue weighted by Gasteiger charge is -2.06. The van der Waals surface area contributed by atoms with E-state index in [1.165, 1.54) is 6.33 Å². The molecular formula is C23H20N5O+. The molecule has 0 spiro atoms. The summed E-state index contributed by atoms with van der Waals surface area (Å²) in [5.41, 5.74) is 4.52. The van der Waals surface area contributed by atoms with Crippen molar-refractivity contribution < 1.29 is 4.57 Å². The predicted molar refractivity (Wildman–Crippen MR) is 112 cm³/mol. The number of aryl methyl sites for hydroxylation is 1. The van der Waals surface area contributed by atoms with E-state index in [9.17, 15) is 4.79 Å². The molecule has 29 heavy (non-hydrogen) atoms. The number of nitrogens with zero attached hydrogens (tertiary/aromatic N) is 5. The van der Waals surface area contributed by atoms with Gasteiger partial charge < -0.3 is 4.57 Å². The lowest BCUT2D eigenvalue weighted by Crippen LogP contribution is -2.40. The molecule has 4 aromatic heterocycles. The molecule has 1 aromatic carbocycles. The largest absolute Gasteiger partial charge is 0.350 e. The Kier molecular flexibility index (Phi) is 4.17. The number of fused-ring (bicyclic) bond motifs is 2. The summed E-state index contributed by atoms with van der Waals surface area (Å²) in [7, 11) is 0. The van der Waals surface area contributed by atoms with Gasteiger partial charge in [-0.3, -0.25) is 0 Å². The normalized spacial score (nSPS) is 11.3. The molecule has 0 bridgehead atoms. The van der Waals surface area contributed by atoms with Crippen molar-refractivity contribution in [3.63, 3.8) is 0 Å². The first kappa shape index (κ1) is 17.3. The van der Waals surface area contributed by atoms with Crippen LogP contribution in [0.4, 0.5) is 0 Å². The fourth-order valence-electron chi connectivity index (χ4n) is 3.89. The summed E-state index contributed by atoms with van der Waals surface area (Å²) >= 11 is 0. The van der Waals surface area contributed by atoms with Gasteiger partial charge in [0.25, 0.3) is 5.65 Å². The van der Waals surface area contributed by atoms with E-state index in [1.54, 1.807) is 16.8 Å². The third-order valence-corrected chi connectivity index (χ3v) is 5.25. The average Bonchev–Trinajstić information content (AvgIpc) is 3.15. The van der Waals surface area contributed by atoms with E-state index in [4.69, 9.17) is 0 Å². The van der Waals surface area contributed by atoms with Crippen molar-refractivity contribution in [2.45, 2.75) is 20.0 Å². The summed E-state index contributed by atoms with van der Waals surface area (Å²) in [4.78, 5) is 21.6. The quantitative estimate of drug-likeness (QED) is 0.449. The van der Waals surface area contributed by atoms with Crippen molar-refractivity contribution in [3.05, 3.63) is 95.7 Å². The molecule has 5 rings (SSSR count). The maximum atomic E-state index is 13.4. The lowest BCUT2D eigenvalue weighted by molar-refractivity contribution is -0.665. The monoisotopic (exact) mass is 382 g/mol. The van der Waals surface area contributed by atoms with Crippen LogP contribution in [-0.2, 0) is 13.1 Å². The molecule has 0 aliphatic heterocycles. The van der Waals surface area contributed by atoms with Crippen LogP contribution in [0.3, 0.4) is 0 Å². The Labute approximate surface area is 167 Å². The van der Waals surface area contributed by atoms with Crippen LogP contribution in [0.25, 0.3) is 27.7 Å². The van der Waals surface area contributed by atoms with Crippen molar-refractivity contribution in [2.75, 3.05) is 0 Å². The van der Waals surface area contributed by atoms with Crippen LogP contribution in [0, 0.1) is 0 Å². The molecule has 0 aliphatic rings. The van der Waals surface area contributed by atoms with E-state index in [-0.39, 0.29) is 5.56 Å². The number of hydrogen-bond donors (Lipinski definition) is 0. The molecule has 142 valence electrons. The predicted octanol–water partition coefficient (Wildman–Crippen LogP) is 3.07. The van der Waals surface area contributed by atoms with Crippen molar-refractivity contribution >= 4 is 16.6 Å². The van der Waals surface area contributed by atoms with E-state index >= 15 is 0 Å². The van der Waals surface area contributed by atoms with Crippen molar-refractivity contribution in [1.82, 2.24) is 18.9 Å². The number of benzene rings is 1. The zero-order chi connectivity index (χ0) is 19.8. The van der Waals surface area contributed by atoms with Gasteiger partial charge in [0.15, 0.2) is 0 Å². The molecule has 0 aliphatic carbocycles. The van der Waals surface area contributed by atoms with Gasteiger partial charge in [-0.2, -0.15) is 4.40 Å². The van der Waals surface area contributed by atoms with Gasteiger partial charge in [-0.25, -0.2) is 19.3 Å². The molecular weight excluding hydrogens is 362 g/mol. The van der Waals surface area contributed by atoms with Gasteiger partial charge in [-0.15, -0.1) is 0 Å². The van der Waals surface area contributed by atoms with Crippen LogP contribution in [-0.4, -0.2) is 18.9 Å². The fraction of sp³-hybridized carbons (Fsp3) is 0.130. The van der Waals surface area contributed by atoms with E-state index in [0.29, 0.717) is 12.1 Å². The number of aromatic nitrogens is 5. The molecule has 0 fully saturated rings. The minimum Gasteiger partial charge on any atom is -0.347 e. The number of pyridine rings is 1. The van der Waals surface area contributed by atoms with Crippen LogP contribution in [0.15, 0.2) is 84.6 Å². The Bertz CT molecular complexity index is 1390. The molecule has 0 saturated carbocycles. The molecule has 4 heterocycles. The first-order valence-electron chi connectivity index (χ1n) is 9.62. The van der Waals surface area contributed by atoms with E-state index in [0.717, 1.165) is 34.2 Å². The van der Waals surface area contributed by atoms with E-state index in [2.05, 4.69) is 44.4 Å². The van der Waals surface area contributed by atoms with Gasteiger partial charge in [0.2, 0.25) is 0 Å².